The van der Waals surface area contributed by atoms with Gasteiger partial charge in [0.1, 0.15) is 0 Å². The molecule has 0 atom stereocenters. The fourth-order valence-corrected chi connectivity index (χ4v) is 4.76. The highest BCUT2D eigenvalue weighted by Crippen LogP contribution is 2.33. The van der Waals surface area contributed by atoms with Crippen molar-refractivity contribution in [1.29, 1.82) is 0 Å². The van der Waals surface area contributed by atoms with Gasteiger partial charge in [-0.1, -0.05) is 29.5 Å². The number of hydrogen-bond acceptors (Lipinski definition) is 5. The predicted octanol–water partition coefficient (Wildman–Crippen LogP) is 5.88. The number of thioether (sulfide) groups is 1. The maximum absolute atomic E-state index is 13.6. The molecule has 0 aliphatic heterocycles. The molecule has 29 heavy (non-hydrogen) atoms. The quantitative estimate of drug-likeness (QED) is 0.379. The van der Waals surface area contributed by atoms with E-state index in [9.17, 15) is 4.79 Å². The Hall–Kier alpha value is -2.70. The summed E-state index contributed by atoms with van der Waals surface area (Å²) in [5, 5.41) is 0.691. The van der Waals surface area contributed by atoms with Gasteiger partial charge in [-0.05, 0) is 67.6 Å². The highest BCUT2D eigenvalue weighted by atomic mass is 32.2. The molecule has 6 heteroatoms. The average Bonchev–Trinajstić information content (AvgIpc) is 3.14. The smallest absolute Gasteiger partial charge is 0.261 e. The first-order valence-corrected chi connectivity index (χ1v) is 11.3. The normalized spacial score (nSPS) is 11.0. The molecule has 0 unspecified atom stereocenters. The lowest BCUT2D eigenvalue weighted by Gasteiger charge is -2.20. The van der Waals surface area contributed by atoms with Gasteiger partial charge in [0, 0.05) is 11.1 Å². The molecule has 1 amide bonds. The van der Waals surface area contributed by atoms with Gasteiger partial charge in [0.05, 0.1) is 28.0 Å². The van der Waals surface area contributed by atoms with Crippen molar-refractivity contribution in [3.05, 3.63) is 83.2 Å². The van der Waals surface area contributed by atoms with Crippen molar-refractivity contribution in [3.63, 3.8) is 0 Å². The van der Waals surface area contributed by atoms with Crippen LogP contribution in [0.3, 0.4) is 0 Å². The highest BCUT2D eigenvalue weighted by Gasteiger charge is 2.24. The van der Waals surface area contributed by atoms with E-state index in [1.807, 2.05) is 48.7 Å². The summed E-state index contributed by atoms with van der Waals surface area (Å²) < 4.78 is 1.08. The number of amides is 1. The zero-order valence-corrected chi connectivity index (χ0v) is 18.2. The van der Waals surface area contributed by atoms with Crippen molar-refractivity contribution in [2.24, 2.45) is 0 Å². The molecule has 0 aliphatic rings. The van der Waals surface area contributed by atoms with Gasteiger partial charge in [0.15, 0.2) is 5.13 Å². The Kier molecular flexibility index (Phi) is 5.65. The van der Waals surface area contributed by atoms with Gasteiger partial charge >= 0.3 is 0 Å². The molecule has 0 bridgehead atoms. The zero-order chi connectivity index (χ0) is 20.4. The largest absolute Gasteiger partial charge is 0.278 e. The van der Waals surface area contributed by atoms with Crippen molar-refractivity contribution in [2.45, 2.75) is 25.3 Å². The van der Waals surface area contributed by atoms with Gasteiger partial charge in [-0.2, -0.15) is 0 Å². The molecular weight excluding hydrogens is 398 g/mol. The van der Waals surface area contributed by atoms with Crippen molar-refractivity contribution in [3.8, 4) is 0 Å². The third kappa shape index (κ3) is 4.04. The van der Waals surface area contributed by atoms with E-state index >= 15 is 0 Å². The van der Waals surface area contributed by atoms with Gasteiger partial charge in [-0.25, -0.2) is 4.98 Å². The van der Waals surface area contributed by atoms with Gasteiger partial charge in [-0.15, -0.1) is 11.8 Å². The van der Waals surface area contributed by atoms with Crippen molar-refractivity contribution >= 4 is 44.4 Å². The molecule has 2 heterocycles. The third-order valence-corrected chi connectivity index (χ3v) is 6.69. The van der Waals surface area contributed by atoms with Crippen LogP contribution in [0.5, 0.6) is 0 Å². The number of rotatable bonds is 5. The summed E-state index contributed by atoms with van der Waals surface area (Å²) in [6.45, 7) is 4.55. The SMILES string of the molecule is CSc1ccccc1C(=O)N(Cc1ccccn1)c1nc2cc(C)c(C)cc2s1. The molecule has 0 radical (unpaired) electrons. The first-order valence-electron chi connectivity index (χ1n) is 9.29. The highest BCUT2D eigenvalue weighted by molar-refractivity contribution is 7.98. The lowest BCUT2D eigenvalue weighted by Crippen LogP contribution is -2.31. The van der Waals surface area contributed by atoms with Crippen LogP contribution in [0, 0.1) is 13.8 Å². The minimum absolute atomic E-state index is 0.0619. The summed E-state index contributed by atoms with van der Waals surface area (Å²) in [5.74, 6) is -0.0619. The van der Waals surface area contributed by atoms with Gasteiger partial charge < -0.3 is 0 Å². The Bertz CT molecular complexity index is 1130. The molecule has 0 fully saturated rings. The maximum atomic E-state index is 13.6. The number of pyridine rings is 1. The third-order valence-electron chi connectivity index (χ3n) is 4.85. The Balaban J connectivity index is 1.81. The number of aromatic nitrogens is 2. The van der Waals surface area contributed by atoms with Gasteiger partial charge in [0.25, 0.3) is 5.91 Å². The summed E-state index contributed by atoms with van der Waals surface area (Å²) in [7, 11) is 0. The number of carbonyl (C=O) groups is 1. The number of benzene rings is 2. The fraction of sp³-hybridized carbons (Fsp3) is 0.174. The van der Waals surface area contributed by atoms with E-state index in [1.54, 1.807) is 34.2 Å². The molecule has 4 aromatic rings. The first kappa shape index (κ1) is 19.6. The lowest BCUT2D eigenvalue weighted by atomic mass is 10.1. The molecule has 0 saturated carbocycles. The molecule has 0 N–H and O–H groups in total. The predicted molar refractivity (Wildman–Crippen MR) is 122 cm³/mol. The Morgan fingerprint density at radius 3 is 2.59 bits per heavy atom. The van der Waals surface area contributed by atoms with E-state index < -0.39 is 0 Å². The molecule has 2 aromatic carbocycles. The number of thiazole rings is 1. The second kappa shape index (κ2) is 8.35. The van der Waals surface area contributed by atoms with Crippen LogP contribution in [0.25, 0.3) is 10.2 Å². The zero-order valence-electron chi connectivity index (χ0n) is 16.5. The summed E-state index contributed by atoms with van der Waals surface area (Å²) >= 11 is 3.11. The van der Waals surface area contributed by atoms with Gasteiger partial charge in [0.2, 0.25) is 0 Å². The van der Waals surface area contributed by atoms with Crippen LogP contribution in [0.2, 0.25) is 0 Å². The standard InChI is InChI=1S/C23H21N3OS2/c1-15-12-19-21(13-16(15)2)29-23(25-19)26(14-17-8-6-7-11-24-17)22(27)18-9-4-5-10-20(18)28-3/h4-13H,14H2,1-3H3. The minimum atomic E-state index is -0.0619. The molecule has 146 valence electrons. The number of fused-ring (bicyclic) bond motifs is 1. The van der Waals surface area contributed by atoms with Crippen LogP contribution in [-0.4, -0.2) is 22.1 Å². The van der Waals surface area contributed by atoms with E-state index in [-0.39, 0.29) is 5.91 Å². The Morgan fingerprint density at radius 2 is 1.83 bits per heavy atom. The fourth-order valence-electron chi connectivity index (χ4n) is 3.13. The topological polar surface area (TPSA) is 46.1 Å². The second-order valence-corrected chi connectivity index (χ2v) is 8.67. The molecule has 0 saturated heterocycles. The van der Waals surface area contributed by atoms with E-state index in [0.717, 1.165) is 20.8 Å². The van der Waals surface area contributed by atoms with Crippen molar-refractivity contribution in [2.75, 3.05) is 11.2 Å². The molecule has 2 aromatic heterocycles. The number of hydrogen-bond donors (Lipinski definition) is 0. The number of carbonyl (C=O) groups excluding carboxylic acids is 1. The maximum Gasteiger partial charge on any atom is 0.261 e. The van der Waals surface area contributed by atoms with Gasteiger partial charge in [-0.3, -0.25) is 14.7 Å². The van der Waals surface area contributed by atoms with Crippen LogP contribution in [-0.2, 0) is 6.54 Å². The number of anilines is 1. The molecule has 4 rings (SSSR count). The van der Waals surface area contributed by atoms with Crippen LogP contribution in [0.1, 0.15) is 27.2 Å². The summed E-state index contributed by atoms with van der Waals surface area (Å²) in [5.41, 5.74) is 4.86. The molecule has 4 nitrogen and oxygen atoms in total. The average molecular weight is 420 g/mol. The van der Waals surface area contributed by atoms with E-state index in [2.05, 4.69) is 31.0 Å². The van der Waals surface area contributed by atoms with Crippen molar-refractivity contribution < 1.29 is 4.79 Å². The summed E-state index contributed by atoms with van der Waals surface area (Å²) in [6.07, 6.45) is 3.73. The molecule has 0 spiro atoms. The number of aryl methyl sites for hydroxylation is 2. The van der Waals surface area contributed by atoms with E-state index in [0.29, 0.717) is 17.2 Å². The summed E-state index contributed by atoms with van der Waals surface area (Å²) in [6, 6.07) is 17.7. The second-order valence-electron chi connectivity index (χ2n) is 6.81. The summed E-state index contributed by atoms with van der Waals surface area (Å²) in [4.78, 5) is 25.5. The minimum Gasteiger partial charge on any atom is -0.278 e. The Labute approximate surface area is 178 Å². The lowest BCUT2D eigenvalue weighted by molar-refractivity contribution is 0.0982. The first-order chi connectivity index (χ1) is 14.1. The van der Waals surface area contributed by atoms with Crippen LogP contribution in [0.15, 0.2) is 65.7 Å². The van der Waals surface area contributed by atoms with Crippen LogP contribution in [0.4, 0.5) is 5.13 Å². The van der Waals surface area contributed by atoms with E-state index in [1.165, 1.54) is 11.1 Å². The van der Waals surface area contributed by atoms with E-state index in [4.69, 9.17) is 4.98 Å². The van der Waals surface area contributed by atoms with Crippen molar-refractivity contribution in [1.82, 2.24) is 9.97 Å². The molecular formula is C23H21N3OS2. The monoisotopic (exact) mass is 419 g/mol. The van der Waals surface area contributed by atoms with Crippen LogP contribution < -0.4 is 4.90 Å². The number of nitrogens with zero attached hydrogens (tertiary/aromatic N) is 3. The molecule has 0 aliphatic carbocycles. The Morgan fingerprint density at radius 1 is 1.07 bits per heavy atom. The van der Waals surface area contributed by atoms with Crippen LogP contribution >= 0.6 is 23.1 Å².